The summed E-state index contributed by atoms with van der Waals surface area (Å²) in [6, 6.07) is 57.9. The number of para-hydroxylation sites is 1. The van der Waals surface area contributed by atoms with Gasteiger partial charge >= 0.3 is 0 Å². The summed E-state index contributed by atoms with van der Waals surface area (Å²) in [5, 5.41) is 2.32. The van der Waals surface area contributed by atoms with Crippen molar-refractivity contribution in [2.75, 3.05) is 16.5 Å². The van der Waals surface area contributed by atoms with Crippen LogP contribution in [-0.4, -0.2) is 16.2 Å². The molecule has 0 bridgehead atoms. The number of aryl methyl sites for hydroxylation is 2. The SMILES string of the molecule is Cc1cc2c(cc1C)N(c1cc(C(C)(C)C)cc(C(C)(C)C)c1)CN2c1cc(Oc2ccc3c4ccccc4n(-c4cc(C(C)(C)c5ccccc5)ccn4)c3c2)cc(-c2ccccc2C(C)C)c1. The van der Waals surface area contributed by atoms with Crippen molar-refractivity contribution >= 4 is 44.6 Å². The highest BCUT2D eigenvalue weighted by molar-refractivity contribution is 6.09. The van der Waals surface area contributed by atoms with Gasteiger partial charge in [-0.1, -0.05) is 148 Å². The molecule has 7 aromatic carbocycles. The minimum atomic E-state index is -0.223. The van der Waals surface area contributed by atoms with Crippen LogP contribution in [0.4, 0.5) is 22.7 Å². The summed E-state index contributed by atoms with van der Waals surface area (Å²) in [7, 11) is 0. The summed E-state index contributed by atoms with van der Waals surface area (Å²) in [5.74, 6) is 2.75. The van der Waals surface area contributed by atoms with Crippen LogP contribution in [0.25, 0.3) is 38.8 Å². The van der Waals surface area contributed by atoms with Crippen molar-refractivity contribution in [1.29, 1.82) is 0 Å². The molecule has 0 aliphatic carbocycles. The predicted molar refractivity (Wildman–Crippen MR) is 292 cm³/mol. The molecule has 0 atom stereocenters. The largest absolute Gasteiger partial charge is 0.457 e. The lowest BCUT2D eigenvalue weighted by molar-refractivity contribution is 0.483. The van der Waals surface area contributed by atoms with E-state index in [1.54, 1.807) is 0 Å². The van der Waals surface area contributed by atoms with E-state index < -0.39 is 0 Å². The Morgan fingerprint density at radius 3 is 1.78 bits per heavy atom. The van der Waals surface area contributed by atoms with E-state index in [0.717, 1.165) is 45.0 Å². The standard InChI is InChI=1S/C64H66N4O/c1-41(2)53-22-16-17-23-54(53)44-32-49(66-40-67(60-31-43(4)42(3)30-59(60)66)50-35-47(62(5,6)7)34-48(36-50)63(8,9)10)38-52(33-44)69-51-26-27-56-55-24-18-19-25-57(55)68(58(56)39-51)61-37-46(28-29-65-61)64(11,12)45-20-14-13-15-21-45/h13-39,41H,40H2,1-12H3. The molecule has 348 valence electrons. The Labute approximate surface area is 410 Å². The maximum absolute atomic E-state index is 7.15. The summed E-state index contributed by atoms with van der Waals surface area (Å²) in [4.78, 5) is 10.0. The maximum Gasteiger partial charge on any atom is 0.137 e. The quantitative estimate of drug-likeness (QED) is 0.144. The average Bonchev–Trinajstić information content (AvgIpc) is 3.86. The van der Waals surface area contributed by atoms with Gasteiger partial charge in [-0.15, -0.1) is 0 Å². The minimum Gasteiger partial charge on any atom is -0.457 e. The van der Waals surface area contributed by atoms with Gasteiger partial charge in [0.25, 0.3) is 0 Å². The second-order valence-electron chi connectivity index (χ2n) is 22.2. The highest BCUT2D eigenvalue weighted by atomic mass is 16.5. The Morgan fingerprint density at radius 1 is 0.507 bits per heavy atom. The van der Waals surface area contributed by atoms with Crippen molar-refractivity contribution in [1.82, 2.24) is 9.55 Å². The number of nitrogens with zero attached hydrogens (tertiary/aromatic N) is 4. The van der Waals surface area contributed by atoms with Crippen LogP contribution in [0.3, 0.4) is 0 Å². The lowest BCUT2D eigenvalue weighted by atomic mass is 9.78. The summed E-state index contributed by atoms with van der Waals surface area (Å²) in [6.07, 6.45) is 1.95. The number of anilines is 4. The molecule has 9 aromatic rings. The molecule has 10 rings (SSSR count). The van der Waals surface area contributed by atoms with Crippen molar-refractivity contribution in [3.8, 4) is 28.4 Å². The normalized spacial score (nSPS) is 13.2. The molecule has 69 heavy (non-hydrogen) atoms. The third-order valence-corrected chi connectivity index (χ3v) is 14.6. The van der Waals surface area contributed by atoms with Gasteiger partial charge < -0.3 is 14.5 Å². The third-order valence-electron chi connectivity index (χ3n) is 14.6. The monoisotopic (exact) mass is 907 g/mol. The number of fused-ring (bicyclic) bond motifs is 4. The van der Waals surface area contributed by atoms with E-state index in [1.807, 2.05) is 6.20 Å². The van der Waals surface area contributed by atoms with Crippen LogP contribution < -0.4 is 14.5 Å². The van der Waals surface area contributed by atoms with Crippen LogP contribution in [0, 0.1) is 13.8 Å². The van der Waals surface area contributed by atoms with Crippen molar-refractivity contribution in [3.63, 3.8) is 0 Å². The van der Waals surface area contributed by atoms with Gasteiger partial charge in [-0.3, -0.25) is 4.57 Å². The number of benzene rings is 7. The van der Waals surface area contributed by atoms with E-state index in [1.165, 1.54) is 67.0 Å². The smallest absolute Gasteiger partial charge is 0.137 e. The van der Waals surface area contributed by atoms with E-state index in [2.05, 4.69) is 255 Å². The number of aromatic nitrogens is 2. The molecular weight excluding hydrogens is 841 g/mol. The maximum atomic E-state index is 7.15. The lowest BCUT2D eigenvalue weighted by Gasteiger charge is -2.29. The van der Waals surface area contributed by atoms with Gasteiger partial charge in [-0.2, -0.15) is 0 Å². The molecule has 0 saturated carbocycles. The fraction of sp³-hybridized carbons (Fsp3) is 0.266. The zero-order valence-electron chi connectivity index (χ0n) is 42.6. The van der Waals surface area contributed by atoms with Crippen molar-refractivity contribution < 1.29 is 4.74 Å². The Balaban J connectivity index is 1.11. The molecule has 0 N–H and O–H groups in total. The summed E-state index contributed by atoms with van der Waals surface area (Å²) in [6.45, 7) is 28.1. The molecule has 2 aromatic heterocycles. The number of rotatable bonds is 9. The predicted octanol–water partition coefficient (Wildman–Crippen LogP) is 17.5. The molecule has 5 nitrogen and oxygen atoms in total. The Kier molecular flexibility index (Phi) is 11.3. The molecule has 1 aliphatic rings. The summed E-state index contributed by atoms with van der Waals surface area (Å²) in [5.41, 5.74) is 17.9. The van der Waals surface area contributed by atoms with Crippen LogP contribution in [0.1, 0.15) is 114 Å². The number of pyridine rings is 1. The zero-order valence-corrected chi connectivity index (χ0v) is 42.6. The van der Waals surface area contributed by atoms with Crippen LogP contribution in [-0.2, 0) is 16.2 Å². The second kappa shape index (κ2) is 17.1. The molecule has 0 unspecified atom stereocenters. The highest BCUT2D eigenvalue weighted by Gasteiger charge is 2.32. The number of hydrogen-bond donors (Lipinski definition) is 0. The van der Waals surface area contributed by atoms with Gasteiger partial charge in [0.1, 0.15) is 24.0 Å². The lowest BCUT2D eigenvalue weighted by Crippen LogP contribution is -2.25. The van der Waals surface area contributed by atoms with Gasteiger partial charge in [-0.25, -0.2) is 4.98 Å². The molecule has 0 amide bonds. The first-order valence-corrected chi connectivity index (χ1v) is 24.7. The van der Waals surface area contributed by atoms with E-state index in [9.17, 15) is 0 Å². The number of hydrogen-bond acceptors (Lipinski definition) is 4. The fourth-order valence-electron chi connectivity index (χ4n) is 10.2. The van der Waals surface area contributed by atoms with Gasteiger partial charge in [0, 0.05) is 45.9 Å². The molecule has 5 heteroatoms. The first-order valence-electron chi connectivity index (χ1n) is 24.7. The third kappa shape index (κ3) is 8.47. The van der Waals surface area contributed by atoms with Crippen molar-refractivity contribution in [2.45, 2.75) is 105 Å². The summed E-state index contributed by atoms with van der Waals surface area (Å²) < 4.78 is 9.44. The van der Waals surface area contributed by atoms with Crippen LogP contribution in [0.15, 0.2) is 164 Å². The van der Waals surface area contributed by atoms with Crippen LogP contribution in [0.5, 0.6) is 11.5 Å². The summed E-state index contributed by atoms with van der Waals surface area (Å²) >= 11 is 0. The van der Waals surface area contributed by atoms with Gasteiger partial charge in [0.2, 0.25) is 0 Å². The topological polar surface area (TPSA) is 33.5 Å². The van der Waals surface area contributed by atoms with E-state index >= 15 is 0 Å². The molecule has 0 spiro atoms. The molecular formula is C64H66N4O. The molecule has 0 radical (unpaired) electrons. The van der Waals surface area contributed by atoms with Gasteiger partial charge in [0.15, 0.2) is 0 Å². The van der Waals surface area contributed by atoms with E-state index in [-0.39, 0.29) is 16.2 Å². The van der Waals surface area contributed by atoms with Gasteiger partial charge in [-0.05, 0) is 147 Å². The van der Waals surface area contributed by atoms with Crippen LogP contribution >= 0.6 is 0 Å². The second-order valence-corrected chi connectivity index (χ2v) is 22.2. The first-order chi connectivity index (χ1) is 32.8. The van der Waals surface area contributed by atoms with Crippen LogP contribution in [0.2, 0.25) is 0 Å². The van der Waals surface area contributed by atoms with Gasteiger partial charge in [0.05, 0.1) is 22.4 Å². The molecule has 3 heterocycles. The highest BCUT2D eigenvalue weighted by Crippen LogP contribution is 2.49. The molecule has 1 aliphatic heterocycles. The zero-order chi connectivity index (χ0) is 48.6. The van der Waals surface area contributed by atoms with E-state index in [0.29, 0.717) is 12.6 Å². The first kappa shape index (κ1) is 45.7. The Bertz CT molecular complexity index is 3370. The molecule has 0 fully saturated rings. The Morgan fingerprint density at radius 2 is 1.12 bits per heavy atom. The van der Waals surface area contributed by atoms with E-state index in [4.69, 9.17) is 9.72 Å². The van der Waals surface area contributed by atoms with Crippen molar-refractivity contribution in [3.05, 3.63) is 203 Å². The minimum absolute atomic E-state index is 0.0109. The van der Waals surface area contributed by atoms with Crippen molar-refractivity contribution in [2.24, 2.45) is 0 Å². The number of ether oxygens (including phenoxy) is 1. The fourth-order valence-corrected chi connectivity index (χ4v) is 10.2. The average molecular weight is 907 g/mol. The molecule has 0 saturated heterocycles. The Hall–Kier alpha value is -7.11.